The van der Waals surface area contributed by atoms with Crippen LogP contribution in [0.2, 0.25) is 0 Å². The van der Waals surface area contributed by atoms with Gasteiger partial charge in [-0.15, -0.1) is 11.3 Å². The van der Waals surface area contributed by atoms with Gasteiger partial charge in [-0.1, -0.05) is 12.2 Å². The van der Waals surface area contributed by atoms with Crippen molar-refractivity contribution in [3.05, 3.63) is 28.2 Å². The van der Waals surface area contributed by atoms with E-state index in [2.05, 4.69) is 5.32 Å². The van der Waals surface area contributed by atoms with Crippen molar-refractivity contribution in [2.75, 3.05) is 5.32 Å². The minimum Gasteiger partial charge on any atom is -0.481 e. The number of allylic oxidation sites excluding steroid dienone is 2. The molecule has 25 heavy (non-hydrogen) atoms. The normalized spacial score (nSPS) is 19.7. The summed E-state index contributed by atoms with van der Waals surface area (Å²) in [5, 5.41) is 12.5. The van der Waals surface area contributed by atoms with Crippen molar-refractivity contribution in [1.29, 1.82) is 0 Å². The van der Waals surface area contributed by atoms with Gasteiger partial charge in [0.25, 0.3) is 0 Å². The van der Waals surface area contributed by atoms with Gasteiger partial charge in [0.15, 0.2) is 0 Å². The van der Waals surface area contributed by atoms with Gasteiger partial charge in [0.2, 0.25) is 5.91 Å². The number of ether oxygens (including phenoxy) is 1. The first-order valence-electron chi connectivity index (χ1n) is 8.22. The molecule has 6 nitrogen and oxygen atoms in total. The van der Waals surface area contributed by atoms with Crippen LogP contribution in [0.4, 0.5) is 5.00 Å². The minimum absolute atomic E-state index is 0.268. The van der Waals surface area contributed by atoms with E-state index in [1.54, 1.807) is 19.9 Å². The first-order valence-corrected chi connectivity index (χ1v) is 9.03. The van der Waals surface area contributed by atoms with Crippen molar-refractivity contribution in [2.24, 2.45) is 11.8 Å². The molecule has 2 atom stereocenters. The number of aryl methyl sites for hydroxylation is 1. The first-order chi connectivity index (χ1) is 11.7. The standard InChI is InChI=1S/C18H23NO5S/c1-9(2)24-18(23)14-10(3)11(4)25-16(14)19-15(20)12-7-5-6-8-13(12)17(21)22/h5-6,9,12-13H,7-8H2,1-4H3,(H,19,20)(H,21,22)/t12-,13-/m1/s1. The van der Waals surface area contributed by atoms with Gasteiger partial charge in [-0.2, -0.15) is 0 Å². The van der Waals surface area contributed by atoms with Gasteiger partial charge in [-0.3, -0.25) is 9.59 Å². The van der Waals surface area contributed by atoms with E-state index in [0.29, 0.717) is 23.4 Å². The van der Waals surface area contributed by atoms with E-state index in [1.807, 2.05) is 19.9 Å². The van der Waals surface area contributed by atoms with Gasteiger partial charge in [0.1, 0.15) is 5.00 Å². The lowest BCUT2D eigenvalue weighted by Crippen LogP contribution is -2.34. The van der Waals surface area contributed by atoms with Crippen LogP contribution in [0.5, 0.6) is 0 Å². The average Bonchev–Trinajstić information content (AvgIpc) is 2.80. The molecule has 0 radical (unpaired) electrons. The summed E-state index contributed by atoms with van der Waals surface area (Å²) in [4.78, 5) is 37.3. The summed E-state index contributed by atoms with van der Waals surface area (Å²) in [6.07, 6.45) is 4.04. The summed E-state index contributed by atoms with van der Waals surface area (Å²) in [6.45, 7) is 7.19. The first kappa shape index (κ1) is 19.2. The van der Waals surface area contributed by atoms with Crippen LogP contribution in [0.25, 0.3) is 0 Å². The van der Waals surface area contributed by atoms with E-state index >= 15 is 0 Å². The van der Waals surface area contributed by atoms with Crippen molar-refractivity contribution in [1.82, 2.24) is 0 Å². The number of anilines is 1. The third kappa shape index (κ3) is 4.28. The fourth-order valence-electron chi connectivity index (χ4n) is 2.82. The predicted molar refractivity (Wildman–Crippen MR) is 96.0 cm³/mol. The van der Waals surface area contributed by atoms with Gasteiger partial charge < -0.3 is 15.2 Å². The highest BCUT2D eigenvalue weighted by Gasteiger charge is 2.35. The van der Waals surface area contributed by atoms with Crippen LogP contribution in [-0.4, -0.2) is 29.1 Å². The Kier molecular flexibility index (Phi) is 6.00. The second-order valence-electron chi connectivity index (χ2n) is 6.42. The molecule has 0 unspecified atom stereocenters. The molecule has 0 fully saturated rings. The number of rotatable bonds is 5. The Morgan fingerprint density at radius 2 is 1.80 bits per heavy atom. The van der Waals surface area contributed by atoms with Crippen LogP contribution in [0.1, 0.15) is 47.5 Å². The van der Waals surface area contributed by atoms with Gasteiger partial charge in [0, 0.05) is 4.88 Å². The molecular weight excluding hydrogens is 342 g/mol. The van der Waals surface area contributed by atoms with Crippen molar-refractivity contribution in [3.8, 4) is 0 Å². The summed E-state index contributed by atoms with van der Waals surface area (Å²) in [6, 6.07) is 0. The SMILES string of the molecule is Cc1sc(NC(=O)[C@@H]2CC=CC[C@H]2C(=O)O)c(C(=O)OC(C)C)c1C. The van der Waals surface area contributed by atoms with Gasteiger partial charge in [-0.25, -0.2) is 4.79 Å². The molecule has 1 aromatic heterocycles. The average molecular weight is 365 g/mol. The smallest absolute Gasteiger partial charge is 0.341 e. The molecule has 2 rings (SSSR count). The molecule has 1 aromatic rings. The number of carbonyl (C=O) groups excluding carboxylic acids is 2. The monoisotopic (exact) mass is 365 g/mol. The molecular formula is C18H23NO5S. The molecule has 136 valence electrons. The minimum atomic E-state index is -0.984. The largest absolute Gasteiger partial charge is 0.481 e. The van der Waals surface area contributed by atoms with Crippen molar-refractivity contribution < 1.29 is 24.2 Å². The molecule has 0 aliphatic heterocycles. The van der Waals surface area contributed by atoms with Gasteiger partial charge >= 0.3 is 11.9 Å². The van der Waals surface area contributed by atoms with E-state index in [1.165, 1.54) is 11.3 Å². The topological polar surface area (TPSA) is 92.7 Å². The maximum atomic E-state index is 12.6. The fraction of sp³-hybridized carbons (Fsp3) is 0.500. The second-order valence-corrected chi connectivity index (χ2v) is 7.65. The summed E-state index contributed by atoms with van der Waals surface area (Å²) in [5.74, 6) is -3.25. The van der Waals surface area contributed by atoms with E-state index < -0.39 is 23.8 Å². The predicted octanol–water partition coefficient (Wildman–Crippen LogP) is 3.54. The lowest BCUT2D eigenvalue weighted by Gasteiger charge is -2.24. The molecule has 7 heteroatoms. The van der Waals surface area contributed by atoms with Gasteiger partial charge in [0.05, 0.1) is 23.5 Å². The van der Waals surface area contributed by atoms with Crippen molar-refractivity contribution >= 4 is 34.2 Å². The Balaban J connectivity index is 2.26. The van der Waals surface area contributed by atoms with E-state index in [9.17, 15) is 19.5 Å². The highest BCUT2D eigenvalue weighted by Crippen LogP contribution is 2.35. The van der Waals surface area contributed by atoms with Crippen LogP contribution >= 0.6 is 11.3 Å². The number of thiophene rings is 1. The van der Waals surface area contributed by atoms with Gasteiger partial charge in [-0.05, 0) is 46.1 Å². The molecule has 2 N–H and O–H groups in total. The molecule has 0 bridgehead atoms. The fourth-order valence-corrected chi connectivity index (χ4v) is 3.87. The van der Waals surface area contributed by atoms with E-state index in [4.69, 9.17) is 4.74 Å². The summed E-state index contributed by atoms with van der Waals surface area (Å²) in [7, 11) is 0. The Labute approximate surface area is 150 Å². The number of esters is 1. The zero-order valence-electron chi connectivity index (χ0n) is 14.8. The molecule has 0 saturated heterocycles. The lowest BCUT2D eigenvalue weighted by molar-refractivity contribution is -0.146. The maximum absolute atomic E-state index is 12.6. The second kappa shape index (κ2) is 7.82. The quantitative estimate of drug-likeness (QED) is 0.615. The Hall–Kier alpha value is -2.15. The molecule has 0 aromatic carbocycles. The highest BCUT2D eigenvalue weighted by atomic mass is 32.1. The molecule has 0 saturated carbocycles. The van der Waals surface area contributed by atoms with E-state index in [-0.39, 0.29) is 12.0 Å². The maximum Gasteiger partial charge on any atom is 0.341 e. The number of carboxylic acid groups (broad SMARTS) is 1. The Morgan fingerprint density at radius 3 is 2.36 bits per heavy atom. The number of hydrogen-bond acceptors (Lipinski definition) is 5. The zero-order chi connectivity index (χ0) is 18.7. The molecule has 1 heterocycles. The molecule has 1 aliphatic rings. The third-order valence-electron chi connectivity index (χ3n) is 4.26. The van der Waals surface area contributed by atoms with Crippen molar-refractivity contribution in [3.63, 3.8) is 0 Å². The number of carbonyl (C=O) groups is 3. The van der Waals surface area contributed by atoms with E-state index in [0.717, 1.165) is 10.4 Å². The Morgan fingerprint density at radius 1 is 1.20 bits per heavy atom. The van der Waals surface area contributed by atoms with Crippen LogP contribution in [0.15, 0.2) is 12.2 Å². The number of hydrogen-bond donors (Lipinski definition) is 2. The van der Waals surface area contributed by atoms with Crippen LogP contribution in [0.3, 0.4) is 0 Å². The van der Waals surface area contributed by atoms with Crippen LogP contribution in [-0.2, 0) is 14.3 Å². The zero-order valence-corrected chi connectivity index (χ0v) is 15.6. The summed E-state index contributed by atoms with van der Waals surface area (Å²) < 4.78 is 5.27. The number of amides is 1. The Bertz CT molecular complexity index is 719. The number of aliphatic carboxylic acids is 1. The van der Waals surface area contributed by atoms with Crippen LogP contribution in [0, 0.1) is 25.7 Å². The third-order valence-corrected chi connectivity index (χ3v) is 5.38. The number of nitrogens with one attached hydrogen (secondary N) is 1. The molecule has 1 amide bonds. The van der Waals surface area contributed by atoms with Crippen molar-refractivity contribution in [2.45, 2.75) is 46.6 Å². The highest BCUT2D eigenvalue weighted by molar-refractivity contribution is 7.16. The molecule has 0 spiro atoms. The lowest BCUT2D eigenvalue weighted by atomic mass is 9.82. The number of carboxylic acids is 1. The van der Waals surface area contributed by atoms with Crippen LogP contribution < -0.4 is 5.32 Å². The summed E-state index contributed by atoms with van der Waals surface area (Å²) in [5.41, 5.74) is 1.12. The molecule has 1 aliphatic carbocycles. The summed E-state index contributed by atoms with van der Waals surface area (Å²) >= 11 is 1.30.